The lowest BCUT2D eigenvalue weighted by Gasteiger charge is -2.03. The van der Waals surface area contributed by atoms with Gasteiger partial charge in [0.15, 0.2) is 5.78 Å². The summed E-state index contributed by atoms with van der Waals surface area (Å²) in [6, 6.07) is 0. The Morgan fingerprint density at radius 2 is 2.42 bits per heavy atom. The Kier molecular flexibility index (Phi) is 2.63. The minimum absolute atomic E-state index is 0.106. The highest BCUT2D eigenvalue weighted by molar-refractivity contribution is 5.97. The largest absolute Gasteiger partial charge is 0.294 e. The molecule has 3 nitrogen and oxygen atoms in total. The van der Waals surface area contributed by atoms with Crippen LogP contribution in [-0.4, -0.2) is 15.6 Å². The second kappa shape index (κ2) is 3.52. The van der Waals surface area contributed by atoms with Gasteiger partial charge in [0.05, 0.1) is 11.8 Å². The summed E-state index contributed by atoms with van der Waals surface area (Å²) >= 11 is 0. The molecule has 0 aromatic carbocycles. The maximum atomic E-state index is 11.5. The molecule has 1 unspecified atom stereocenters. The molecular weight excluding hydrogens is 152 g/mol. The molecule has 3 heteroatoms. The Morgan fingerprint density at radius 1 is 1.75 bits per heavy atom. The van der Waals surface area contributed by atoms with Crippen molar-refractivity contribution in [3.63, 3.8) is 0 Å². The molecule has 0 aliphatic carbocycles. The Bertz CT molecular complexity index is 278. The number of hydrogen-bond acceptors (Lipinski definition) is 2. The fourth-order valence-corrected chi connectivity index (χ4v) is 1.02. The zero-order valence-electron chi connectivity index (χ0n) is 7.74. The summed E-state index contributed by atoms with van der Waals surface area (Å²) in [6.45, 7) is 3.95. The van der Waals surface area contributed by atoms with Crippen molar-refractivity contribution in [2.45, 2.75) is 20.3 Å². The second-order valence-electron chi connectivity index (χ2n) is 3.08. The van der Waals surface area contributed by atoms with Crippen LogP contribution in [0, 0.1) is 5.92 Å². The third-order valence-corrected chi connectivity index (χ3v) is 2.05. The number of rotatable bonds is 3. The molecule has 0 spiro atoms. The summed E-state index contributed by atoms with van der Waals surface area (Å²) in [4.78, 5) is 11.5. The fraction of sp³-hybridized carbons (Fsp3) is 0.556. The van der Waals surface area contributed by atoms with Crippen molar-refractivity contribution in [2.24, 2.45) is 13.0 Å². The van der Waals surface area contributed by atoms with Gasteiger partial charge in [-0.1, -0.05) is 13.8 Å². The molecule has 1 aromatic heterocycles. The van der Waals surface area contributed by atoms with Gasteiger partial charge >= 0.3 is 0 Å². The standard InChI is InChI=1S/C9H14N2O/c1-4-7(2)9(12)8-5-10-11(3)6-8/h5-7H,4H2,1-3H3. The van der Waals surface area contributed by atoms with Crippen LogP contribution >= 0.6 is 0 Å². The molecular formula is C9H14N2O. The Hall–Kier alpha value is -1.12. The average molecular weight is 166 g/mol. The molecule has 0 radical (unpaired) electrons. The summed E-state index contributed by atoms with van der Waals surface area (Å²) in [5.41, 5.74) is 0.715. The van der Waals surface area contributed by atoms with Gasteiger partial charge in [-0.05, 0) is 6.42 Å². The van der Waals surface area contributed by atoms with Gasteiger partial charge in [-0.2, -0.15) is 5.10 Å². The molecule has 0 aliphatic heterocycles. The molecule has 0 bridgehead atoms. The molecule has 0 saturated carbocycles. The van der Waals surface area contributed by atoms with Gasteiger partial charge in [-0.3, -0.25) is 9.48 Å². The topological polar surface area (TPSA) is 34.9 Å². The number of ketones is 1. The SMILES string of the molecule is CCC(C)C(=O)c1cnn(C)c1. The van der Waals surface area contributed by atoms with Gasteiger partial charge in [0.1, 0.15) is 0 Å². The van der Waals surface area contributed by atoms with Crippen molar-refractivity contribution >= 4 is 5.78 Å². The Balaban J connectivity index is 2.78. The van der Waals surface area contributed by atoms with E-state index >= 15 is 0 Å². The third-order valence-electron chi connectivity index (χ3n) is 2.05. The van der Waals surface area contributed by atoms with Crippen LogP contribution in [-0.2, 0) is 7.05 Å². The van der Waals surface area contributed by atoms with Gasteiger partial charge in [0.2, 0.25) is 0 Å². The van der Waals surface area contributed by atoms with Gasteiger partial charge < -0.3 is 0 Å². The van der Waals surface area contributed by atoms with Crippen LogP contribution < -0.4 is 0 Å². The predicted octanol–water partition coefficient (Wildman–Crippen LogP) is 1.65. The highest BCUT2D eigenvalue weighted by atomic mass is 16.1. The molecule has 0 N–H and O–H groups in total. The molecule has 1 atom stereocenters. The van der Waals surface area contributed by atoms with Crippen molar-refractivity contribution in [1.82, 2.24) is 9.78 Å². The van der Waals surface area contributed by atoms with Gasteiger partial charge in [0.25, 0.3) is 0 Å². The molecule has 66 valence electrons. The first-order valence-corrected chi connectivity index (χ1v) is 4.18. The van der Waals surface area contributed by atoms with E-state index in [9.17, 15) is 4.79 Å². The first kappa shape index (κ1) is 8.97. The smallest absolute Gasteiger partial charge is 0.168 e. The van der Waals surface area contributed by atoms with Gasteiger partial charge in [0, 0.05) is 19.2 Å². The van der Waals surface area contributed by atoms with Gasteiger partial charge in [-0.15, -0.1) is 0 Å². The summed E-state index contributed by atoms with van der Waals surface area (Å²) in [6.07, 6.45) is 4.26. The lowest BCUT2D eigenvalue weighted by molar-refractivity contribution is 0.0927. The van der Waals surface area contributed by atoms with E-state index in [2.05, 4.69) is 5.10 Å². The van der Waals surface area contributed by atoms with Crippen molar-refractivity contribution < 1.29 is 4.79 Å². The number of Topliss-reactive ketones (excluding diaryl/α,β-unsaturated/α-hetero) is 1. The molecule has 0 saturated heterocycles. The monoisotopic (exact) mass is 166 g/mol. The van der Waals surface area contributed by atoms with Crippen LogP contribution in [0.15, 0.2) is 12.4 Å². The average Bonchev–Trinajstić information content (AvgIpc) is 2.49. The van der Waals surface area contributed by atoms with E-state index in [0.717, 1.165) is 6.42 Å². The molecule has 1 rings (SSSR count). The van der Waals surface area contributed by atoms with Gasteiger partial charge in [-0.25, -0.2) is 0 Å². The first-order chi connectivity index (χ1) is 5.65. The molecule has 0 aliphatic rings. The first-order valence-electron chi connectivity index (χ1n) is 4.18. The number of carbonyl (C=O) groups is 1. The van der Waals surface area contributed by atoms with Crippen LogP contribution in [0.4, 0.5) is 0 Å². The van der Waals surface area contributed by atoms with E-state index in [1.54, 1.807) is 17.1 Å². The van der Waals surface area contributed by atoms with Crippen molar-refractivity contribution in [3.05, 3.63) is 18.0 Å². The number of carbonyl (C=O) groups excluding carboxylic acids is 1. The maximum absolute atomic E-state index is 11.5. The third kappa shape index (κ3) is 1.72. The fourth-order valence-electron chi connectivity index (χ4n) is 1.02. The van der Waals surface area contributed by atoms with Crippen LogP contribution in [0.5, 0.6) is 0 Å². The number of aromatic nitrogens is 2. The minimum atomic E-state index is 0.106. The van der Waals surface area contributed by atoms with Crippen LogP contribution in [0.3, 0.4) is 0 Å². The van der Waals surface area contributed by atoms with Crippen molar-refractivity contribution in [3.8, 4) is 0 Å². The predicted molar refractivity (Wildman–Crippen MR) is 47.0 cm³/mol. The van der Waals surface area contributed by atoms with Crippen LogP contribution in [0.2, 0.25) is 0 Å². The summed E-state index contributed by atoms with van der Waals surface area (Å²) < 4.78 is 1.65. The second-order valence-corrected chi connectivity index (χ2v) is 3.08. The molecule has 0 amide bonds. The maximum Gasteiger partial charge on any atom is 0.168 e. The van der Waals surface area contributed by atoms with E-state index < -0.39 is 0 Å². The molecule has 0 fully saturated rings. The normalized spacial score (nSPS) is 12.9. The van der Waals surface area contributed by atoms with Crippen molar-refractivity contribution in [2.75, 3.05) is 0 Å². The molecule has 12 heavy (non-hydrogen) atoms. The number of aryl methyl sites for hydroxylation is 1. The molecule has 1 heterocycles. The highest BCUT2D eigenvalue weighted by Crippen LogP contribution is 2.10. The summed E-state index contributed by atoms with van der Waals surface area (Å²) in [5, 5.41) is 3.95. The quantitative estimate of drug-likeness (QED) is 0.640. The lowest BCUT2D eigenvalue weighted by Crippen LogP contribution is -2.09. The van der Waals surface area contributed by atoms with E-state index in [0.29, 0.717) is 5.56 Å². The minimum Gasteiger partial charge on any atom is -0.294 e. The van der Waals surface area contributed by atoms with E-state index in [1.807, 2.05) is 20.9 Å². The van der Waals surface area contributed by atoms with E-state index in [1.165, 1.54) is 0 Å². The van der Waals surface area contributed by atoms with Crippen LogP contribution in [0.25, 0.3) is 0 Å². The Morgan fingerprint density at radius 3 is 2.83 bits per heavy atom. The molecule has 1 aromatic rings. The lowest BCUT2D eigenvalue weighted by atomic mass is 10.00. The summed E-state index contributed by atoms with van der Waals surface area (Å²) in [7, 11) is 1.81. The summed E-state index contributed by atoms with van der Waals surface area (Å²) in [5.74, 6) is 0.291. The van der Waals surface area contributed by atoms with E-state index in [4.69, 9.17) is 0 Å². The zero-order chi connectivity index (χ0) is 9.14. The highest BCUT2D eigenvalue weighted by Gasteiger charge is 2.13. The number of nitrogens with zero attached hydrogens (tertiary/aromatic N) is 2. The van der Waals surface area contributed by atoms with Crippen LogP contribution in [0.1, 0.15) is 30.6 Å². The number of hydrogen-bond donors (Lipinski definition) is 0. The van der Waals surface area contributed by atoms with Crippen molar-refractivity contribution in [1.29, 1.82) is 0 Å². The Labute approximate surface area is 72.4 Å². The zero-order valence-corrected chi connectivity index (χ0v) is 7.74. The van der Waals surface area contributed by atoms with E-state index in [-0.39, 0.29) is 11.7 Å².